The zero-order valence-corrected chi connectivity index (χ0v) is 17.4. The van der Waals surface area contributed by atoms with Crippen LogP contribution in [0.15, 0.2) is 42.0 Å². The summed E-state index contributed by atoms with van der Waals surface area (Å²) < 4.78 is 21.7. The standard InChI is InChI=1S/C24H24ClFO2/c1-23(2)20(22(27)24(3,4)28-23)13-19-17(14-5-6-14)11-12-18(21(19)26)15-7-9-16(25)10-8-15/h7-14H,5-6H2,1-4H3. The summed E-state index contributed by atoms with van der Waals surface area (Å²) in [4.78, 5) is 12.9. The van der Waals surface area contributed by atoms with E-state index in [2.05, 4.69) is 0 Å². The van der Waals surface area contributed by atoms with Gasteiger partial charge in [-0.25, -0.2) is 4.39 Å². The van der Waals surface area contributed by atoms with Crippen LogP contribution in [0.4, 0.5) is 4.39 Å². The van der Waals surface area contributed by atoms with E-state index in [-0.39, 0.29) is 11.6 Å². The van der Waals surface area contributed by atoms with Crippen LogP contribution in [0.3, 0.4) is 0 Å². The molecule has 1 aliphatic carbocycles. The number of rotatable bonds is 3. The highest BCUT2D eigenvalue weighted by atomic mass is 35.5. The molecule has 0 unspecified atom stereocenters. The van der Waals surface area contributed by atoms with Gasteiger partial charge in [0.15, 0.2) is 5.78 Å². The highest BCUT2D eigenvalue weighted by molar-refractivity contribution is 6.30. The largest absolute Gasteiger partial charge is 0.357 e. The first-order valence-corrected chi connectivity index (χ1v) is 10.0. The molecule has 0 spiro atoms. The van der Waals surface area contributed by atoms with Crippen LogP contribution >= 0.6 is 11.6 Å². The van der Waals surface area contributed by atoms with Gasteiger partial charge in [-0.1, -0.05) is 35.9 Å². The smallest absolute Gasteiger partial charge is 0.192 e. The molecule has 2 aliphatic rings. The van der Waals surface area contributed by atoms with Crippen LogP contribution in [0, 0.1) is 5.82 Å². The van der Waals surface area contributed by atoms with Gasteiger partial charge in [0, 0.05) is 21.7 Å². The molecule has 4 heteroatoms. The summed E-state index contributed by atoms with van der Waals surface area (Å²) in [6.07, 6.45) is 3.82. The summed E-state index contributed by atoms with van der Waals surface area (Å²) >= 11 is 5.98. The van der Waals surface area contributed by atoms with Crippen LogP contribution in [-0.2, 0) is 9.53 Å². The zero-order chi connectivity index (χ0) is 20.3. The predicted molar refractivity (Wildman–Crippen MR) is 111 cm³/mol. The zero-order valence-electron chi connectivity index (χ0n) is 16.6. The lowest BCUT2D eigenvalue weighted by atomic mass is 9.88. The van der Waals surface area contributed by atoms with Crippen molar-refractivity contribution in [3.05, 3.63) is 63.9 Å². The molecule has 2 aromatic carbocycles. The summed E-state index contributed by atoms with van der Waals surface area (Å²) in [6, 6.07) is 11.0. The summed E-state index contributed by atoms with van der Waals surface area (Å²) in [7, 11) is 0. The van der Waals surface area contributed by atoms with Crippen LogP contribution < -0.4 is 0 Å². The molecule has 1 saturated heterocycles. The maximum absolute atomic E-state index is 15.7. The minimum Gasteiger partial charge on any atom is -0.357 e. The SMILES string of the molecule is CC1(C)OC(C)(C)C(=Cc2c(C3CC3)ccc(-c3ccc(Cl)cc3)c2F)C1=O. The molecule has 28 heavy (non-hydrogen) atoms. The lowest BCUT2D eigenvalue weighted by molar-refractivity contribution is -0.132. The Balaban J connectivity index is 1.89. The molecule has 4 rings (SSSR count). The molecule has 1 heterocycles. The second-order valence-electron chi connectivity index (χ2n) is 8.72. The maximum Gasteiger partial charge on any atom is 0.192 e. The van der Waals surface area contributed by atoms with Crippen LogP contribution in [0.5, 0.6) is 0 Å². The lowest BCUT2D eigenvalue weighted by Crippen LogP contribution is -2.29. The summed E-state index contributed by atoms with van der Waals surface area (Å²) in [5.41, 5.74) is 1.60. The van der Waals surface area contributed by atoms with Crippen LogP contribution in [-0.4, -0.2) is 17.0 Å². The van der Waals surface area contributed by atoms with Crippen molar-refractivity contribution in [2.75, 3.05) is 0 Å². The third-order valence-electron chi connectivity index (χ3n) is 5.62. The van der Waals surface area contributed by atoms with Crippen molar-refractivity contribution in [1.29, 1.82) is 0 Å². The molecule has 1 saturated carbocycles. The molecule has 0 aromatic heterocycles. The fourth-order valence-electron chi connectivity index (χ4n) is 4.08. The van der Waals surface area contributed by atoms with E-state index >= 15 is 4.39 Å². The van der Waals surface area contributed by atoms with Gasteiger partial charge in [-0.3, -0.25) is 4.79 Å². The van der Waals surface area contributed by atoms with Gasteiger partial charge in [-0.2, -0.15) is 0 Å². The molecule has 0 amide bonds. The first-order valence-electron chi connectivity index (χ1n) is 9.65. The van der Waals surface area contributed by atoms with Crippen molar-refractivity contribution in [3.63, 3.8) is 0 Å². The highest BCUT2D eigenvalue weighted by Gasteiger charge is 2.49. The van der Waals surface area contributed by atoms with Crippen molar-refractivity contribution >= 4 is 23.5 Å². The number of Topliss-reactive ketones (excluding diaryl/α,β-unsaturated/α-hetero) is 1. The Kier molecular flexibility index (Phi) is 4.52. The summed E-state index contributed by atoms with van der Waals surface area (Å²) in [5.74, 6) is -0.0303. The van der Waals surface area contributed by atoms with Crippen LogP contribution in [0.2, 0.25) is 5.02 Å². The molecular weight excluding hydrogens is 375 g/mol. The molecule has 0 N–H and O–H groups in total. The van der Waals surface area contributed by atoms with Crippen LogP contribution in [0.1, 0.15) is 57.6 Å². The van der Waals surface area contributed by atoms with Gasteiger partial charge in [-0.15, -0.1) is 0 Å². The second-order valence-corrected chi connectivity index (χ2v) is 9.16. The fourth-order valence-corrected chi connectivity index (χ4v) is 4.20. The Morgan fingerprint density at radius 1 is 1.04 bits per heavy atom. The Morgan fingerprint density at radius 2 is 1.68 bits per heavy atom. The lowest BCUT2D eigenvalue weighted by Gasteiger charge is -2.22. The van der Waals surface area contributed by atoms with Gasteiger partial charge in [0.25, 0.3) is 0 Å². The number of carbonyl (C=O) groups excluding carboxylic acids is 1. The summed E-state index contributed by atoms with van der Waals surface area (Å²) in [5, 5.41) is 0.610. The third-order valence-corrected chi connectivity index (χ3v) is 5.88. The monoisotopic (exact) mass is 398 g/mol. The predicted octanol–water partition coefficient (Wildman–Crippen LogP) is 6.56. The average Bonchev–Trinajstić information content (AvgIpc) is 3.42. The van der Waals surface area contributed by atoms with Crippen molar-refractivity contribution in [1.82, 2.24) is 0 Å². The third kappa shape index (κ3) is 3.31. The minimum absolute atomic E-state index is 0.0875. The second kappa shape index (κ2) is 6.53. The van der Waals surface area contributed by atoms with Gasteiger partial charge in [0.2, 0.25) is 0 Å². The average molecular weight is 399 g/mol. The summed E-state index contributed by atoms with van der Waals surface area (Å²) in [6.45, 7) is 7.26. The fraction of sp³-hybridized carbons (Fsp3) is 0.375. The molecule has 2 nitrogen and oxygen atoms in total. The molecular formula is C24H24ClFO2. The number of ketones is 1. The van der Waals surface area contributed by atoms with E-state index in [1.54, 1.807) is 32.1 Å². The number of carbonyl (C=O) groups is 1. The van der Waals surface area contributed by atoms with Crippen molar-refractivity contribution in [3.8, 4) is 11.1 Å². The van der Waals surface area contributed by atoms with Gasteiger partial charge in [-0.05, 0) is 75.8 Å². The Labute approximate surface area is 170 Å². The first-order chi connectivity index (χ1) is 13.1. The van der Waals surface area contributed by atoms with Gasteiger partial charge in [0.05, 0.1) is 5.60 Å². The number of hydrogen-bond acceptors (Lipinski definition) is 2. The van der Waals surface area contributed by atoms with Crippen molar-refractivity contribution in [2.24, 2.45) is 0 Å². The van der Waals surface area contributed by atoms with Crippen LogP contribution in [0.25, 0.3) is 17.2 Å². The van der Waals surface area contributed by atoms with E-state index in [0.717, 1.165) is 24.0 Å². The Bertz CT molecular complexity index is 982. The van der Waals surface area contributed by atoms with Gasteiger partial charge < -0.3 is 4.74 Å². The van der Waals surface area contributed by atoms with E-state index in [4.69, 9.17) is 16.3 Å². The van der Waals surface area contributed by atoms with E-state index in [0.29, 0.717) is 27.6 Å². The molecule has 0 radical (unpaired) electrons. The number of ether oxygens (including phenoxy) is 1. The van der Waals surface area contributed by atoms with Crippen molar-refractivity contribution < 1.29 is 13.9 Å². The van der Waals surface area contributed by atoms with Gasteiger partial charge in [0.1, 0.15) is 11.4 Å². The van der Waals surface area contributed by atoms with Crippen molar-refractivity contribution in [2.45, 2.75) is 57.7 Å². The Morgan fingerprint density at radius 3 is 2.21 bits per heavy atom. The molecule has 2 aromatic rings. The first kappa shape index (κ1) is 19.4. The molecule has 146 valence electrons. The quantitative estimate of drug-likeness (QED) is 0.547. The van der Waals surface area contributed by atoms with E-state index in [9.17, 15) is 4.79 Å². The number of hydrogen-bond donors (Lipinski definition) is 0. The van der Waals surface area contributed by atoms with E-state index < -0.39 is 11.2 Å². The number of benzene rings is 2. The normalized spacial score (nSPS) is 22.1. The van der Waals surface area contributed by atoms with Gasteiger partial charge >= 0.3 is 0 Å². The molecule has 1 aliphatic heterocycles. The molecule has 2 fully saturated rings. The molecule has 0 bridgehead atoms. The topological polar surface area (TPSA) is 26.3 Å². The Hall–Kier alpha value is -1.97. The maximum atomic E-state index is 15.7. The highest BCUT2D eigenvalue weighted by Crippen LogP contribution is 2.46. The number of halogens is 2. The van der Waals surface area contributed by atoms with E-state index in [1.807, 2.05) is 38.1 Å². The minimum atomic E-state index is -0.903. The van der Waals surface area contributed by atoms with E-state index in [1.165, 1.54) is 0 Å². The molecule has 0 atom stereocenters.